The Kier molecular flexibility index (Phi) is 4.74. The minimum atomic E-state index is -4.65. The highest BCUT2D eigenvalue weighted by molar-refractivity contribution is 5.84. The third kappa shape index (κ3) is 3.81. The fraction of sp³-hybridized carbons (Fsp3) is 0.182. The number of aromatic nitrogens is 2. The highest BCUT2D eigenvalue weighted by atomic mass is 19.4. The van der Waals surface area contributed by atoms with Crippen molar-refractivity contribution < 1.29 is 18.0 Å². The Balaban J connectivity index is 1.58. The van der Waals surface area contributed by atoms with E-state index >= 15 is 0 Å². The summed E-state index contributed by atoms with van der Waals surface area (Å²) >= 11 is 0. The molecule has 0 radical (unpaired) electrons. The monoisotopic (exact) mass is 397 g/mol. The van der Waals surface area contributed by atoms with Gasteiger partial charge < -0.3 is 9.88 Å². The van der Waals surface area contributed by atoms with E-state index in [1.807, 2.05) is 42.5 Å². The number of nitrogens with zero attached hydrogens (tertiary/aromatic N) is 2. The SMILES string of the molecule is CC(NC(=O)Cn1c(C(F)(F)F)nc2ccccc21)c1ccc2ccccc2c1. The molecule has 4 aromatic rings. The first-order chi connectivity index (χ1) is 13.8. The number of hydrogen-bond donors (Lipinski definition) is 1. The summed E-state index contributed by atoms with van der Waals surface area (Å²) in [5.41, 5.74) is 1.35. The number of carbonyl (C=O) groups is 1. The molecule has 1 amide bonds. The van der Waals surface area contributed by atoms with E-state index in [2.05, 4.69) is 10.3 Å². The highest BCUT2D eigenvalue weighted by Crippen LogP contribution is 2.31. The zero-order valence-electron chi connectivity index (χ0n) is 15.6. The van der Waals surface area contributed by atoms with Crippen molar-refractivity contribution in [1.82, 2.24) is 14.9 Å². The quantitative estimate of drug-likeness (QED) is 0.522. The summed E-state index contributed by atoms with van der Waals surface area (Å²) in [6, 6.07) is 19.6. The lowest BCUT2D eigenvalue weighted by Gasteiger charge is -2.17. The average Bonchev–Trinajstić information content (AvgIpc) is 3.06. The van der Waals surface area contributed by atoms with Crippen molar-refractivity contribution in [3.05, 3.63) is 78.1 Å². The molecule has 4 nitrogen and oxygen atoms in total. The zero-order valence-corrected chi connectivity index (χ0v) is 15.6. The molecule has 0 saturated carbocycles. The van der Waals surface area contributed by atoms with E-state index in [0.717, 1.165) is 20.9 Å². The number of imidazole rings is 1. The van der Waals surface area contributed by atoms with Gasteiger partial charge in [-0.05, 0) is 41.5 Å². The maximum Gasteiger partial charge on any atom is 0.449 e. The molecule has 1 unspecified atom stereocenters. The van der Waals surface area contributed by atoms with Crippen LogP contribution >= 0.6 is 0 Å². The smallest absolute Gasteiger partial charge is 0.348 e. The fourth-order valence-electron chi connectivity index (χ4n) is 3.44. The largest absolute Gasteiger partial charge is 0.449 e. The van der Waals surface area contributed by atoms with Crippen LogP contribution in [0.5, 0.6) is 0 Å². The molecule has 0 aliphatic heterocycles. The van der Waals surface area contributed by atoms with E-state index in [1.54, 1.807) is 19.1 Å². The van der Waals surface area contributed by atoms with Crippen molar-refractivity contribution >= 4 is 27.7 Å². The Hall–Kier alpha value is -3.35. The van der Waals surface area contributed by atoms with Crippen LogP contribution in [-0.2, 0) is 17.5 Å². The molecule has 148 valence electrons. The number of carbonyl (C=O) groups excluding carboxylic acids is 1. The number of rotatable bonds is 4. The van der Waals surface area contributed by atoms with Crippen molar-refractivity contribution in [2.45, 2.75) is 25.7 Å². The van der Waals surface area contributed by atoms with Gasteiger partial charge in [-0.1, -0.05) is 48.5 Å². The molecule has 1 N–H and O–H groups in total. The van der Waals surface area contributed by atoms with Crippen LogP contribution in [0.3, 0.4) is 0 Å². The lowest BCUT2D eigenvalue weighted by Crippen LogP contribution is -2.31. The lowest BCUT2D eigenvalue weighted by atomic mass is 10.0. The number of nitrogens with one attached hydrogen (secondary N) is 1. The number of hydrogen-bond acceptors (Lipinski definition) is 2. The minimum Gasteiger partial charge on any atom is -0.348 e. The Morgan fingerprint density at radius 1 is 1.03 bits per heavy atom. The van der Waals surface area contributed by atoms with Crippen molar-refractivity contribution in [3.63, 3.8) is 0 Å². The van der Waals surface area contributed by atoms with Gasteiger partial charge in [0, 0.05) is 0 Å². The predicted octanol–water partition coefficient (Wildman–Crippen LogP) is 5.09. The Bertz CT molecular complexity index is 1200. The maximum atomic E-state index is 13.4. The predicted molar refractivity (Wildman–Crippen MR) is 105 cm³/mol. The molecule has 1 heterocycles. The second kappa shape index (κ2) is 7.24. The molecular formula is C22H18F3N3O. The maximum absolute atomic E-state index is 13.4. The molecule has 1 atom stereocenters. The van der Waals surface area contributed by atoms with Gasteiger partial charge in [-0.25, -0.2) is 4.98 Å². The Morgan fingerprint density at radius 2 is 1.72 bits per heavy atom. The van der Waals surface area contributed by atoms with Crippen molar-refractivity contribution in [2.24, 2.45) is 0 Å². The summed E-state index contributed by atoms with van der Waals surface area (Å²) in [5.74, 6) is -1.59. The second-order valence-corrected chi connectivity index (χ2v) is 6.90. The molecule has 0 aliphatic rings. The number of alkyl halides is 3. The second-order valence-electron chi connectivity index (χ2n) is 6.90. The number of halogens is 3. The molecule has 1 aromatic heterocycles. The van der Waals surface area contributed by atoms with Gasteiger partial charge in [0.15, 0.2) is 0 Å². The summed E-state index contributed by atoms with van der Waals surface area (Å²) in [6.07, 6.45) is -4.65. The normalized spacial score (nSPS) is 13.0. The third-order valence-electron chi connectivity index (χ3n) is 4.86. The molecular weight excluding hydrogens is 379 g/mol. The highest BCUT2D eigenvalue weighted by Gasteiger charge is 2.38. The van der Waals surface area contributed by atoms with Crippen LogP contribution in [-0.4, -0.2) is 15.5 Å². The standard InChI is InChI=1S/C22H18F3N3O/c1-14(16-11-10-15-6-2-3-7-17(15)12-16)26-20(29)13-28-19-9-5-4-8-18(19)27-21(28)22(23,24)25/h2-12,14H,13H2,1H3,(H,26,29). The van der Waals surface area contributed by atoms with Crippen LogP contribution in [0.4, 0.5) is 13.2 Å². The topological polar surface area (TPSA) is 46.9 Å². The van der Waals surface area contributed by atoms with Crippen molar-refractivity contribution in [3.8, 4) is 0 Å². The lowest BCUT2D eigenvalue weighted by molar-refractivity contribution is -0.147. The van der Waals surface area contributed by atoms with Crippen molar-refractivity contribution in [2.75, 3.05) is 0 Å². The van der Waals surface area contributed by atoms with Gasteiger partial charge in [0.25, 0.3) is 0 Å². The first kappa shape index (κ1) is 19.0. The summed E-state index contributed by atoms with van der Waals surface area (Å²) in [5, 5.41) is 4.90. The van der Waals surface area contributed by atoms with Crippen LogP contribution < -0.4 is 5.32 Å². The van der Waals surface area contributed by atoms with Gasteiger partial charge in [-0.15, -0.1) is 0 Å². The molecule has 0 fully saturated rings. The molecule has 0 bridgehead atoms. The van der Waals surface area contributed by atoms with Crippen LogP contribution in [0.2, 0.25) is 0 Å². The van der Waals surface area contributed by atoms with E-state index in [1.165, 1.54) is 12.1 Å². The summed E-state index contributed by atoms with van der Waals surface area (Å²) < 4.78 is 41.1. The summed E-state index contributed by atoms with van der Waals surface area (Å²) in [4.78, 5) is 16.2. The molecule has 29 heavy (non-hydrogen) atoms. The molecule has 0 spiro atoms. The first-order valence-corrected chi connectivity index (χ1v) is 9.13. The number of fused-ring (bicyclic) bond motifs is 2. The van der Waals surface area contributed by atoms with Crippen molar-refractivity contribution in [1.29, 1.82) is 0 Å². The van der Waals surface area contributed by atoms with Gasteiger partial charge in [0.2, 0.25) is 11.7 Å². The van der Waals surface area contributed by atoms with E-state index in [4.69, 9.17) is 0 Å². The number of para-hydroxylation sites is 2. The zero-order chi connectivity index (χ0) is 20.6. The molecule has 3 aromatic carbocycles. The van der Waals surface area contributed by atoms with Gasteiger partial charge in [-0.3, -0.25) is 4.79 Å². The minimum absolute atomic E-state index is 0.204. The van der Waals surface area contributed by atoms with Crippen LogP contribution in [0.1, 0.15) is 24.4 Å². The van der Waals surface area contributed by atoms with E-state index < -0.39 is 24.5 Å². The molecule has 0 saturated heterocycles. The Morgan fingerprint density at radius 3 is 2.48 bits per heavy atom. The number of benzene rings is 3. The average molecular weight is 397 g/mol. The van der Waals surface area contributed by atoms with E-state index in [9.17, 15) is 18.0 Å². The van der Waals surface area contributed by atoms with Gasteiger partial charge >= 0.3 is 6.18 Å². The van der Waals surface area contributed by atoms with Crippen LogP contribution in [0.15, 0.2) is 66.7 Å². The molecule has 0 aliphatic carbocycles. The first-order valence-electron chi connectivity index (χ1n) is 9.13. The van der Waals surface area contributed by atoms with E-state index in [-0.39, 0.29) is 17.1 Å². The summed E-state index contributed by atoms with van der Waals surface area (Å²) in [7, 11) is 0. The van der Waals surface area contributed by atoms with Gasteiger partial charge in [-0.2, -0.15) is 13.2 Å². The van der Waals surface area contributed by atoms with Crippen LogP contribution in [0, 0.1) is 0 Å². The molecule has 7 heteroatoms. The fourth-order valence-corrected chi connectivity index (χ4v) is 3.44. The summed E-state index contributed by atoms with van der Waals surface area (Å²) in [6.45, 7) is 1.34. The Labute approximate surface area is 165 Å². The number of amides is 1. The third-order valence-corrected chi connectivity index (χ3v) is 4.86. The molecule has 4 rings (SSSR count). The van der Waals surface area contributed by atoms with Crippen LogP contribution in [0.25, 0.3) is 21.8 Å². The van der Waals surface area contributed by atoms with Gasteiger partial charge in [0.1, 0.15) is 6.54 Å². The van der Waals surface area contributed by atoms with Gasteiger partial charge in [0.05, 0.1) is 17.1 Å². The van der Waals surface area contributed by atoms with E-state index in [0.29, 0.717) is 0 Å².